The van der Waals surface area contributed by atoms with Crippen molar-refractivity contribution in [3.8, 4) is 0 Å². The molecule has 2 aliphatic rings. The van der Waals surface area contributed by atoms with Gasteiger partial charge in [-0.05, 0) is 141 Å². The summed E-state index contributed by atoms with van der Waals surface area (Å²) in [6.45, 7) is 20.1. The molecule has 2 aliphatic heterocycles. The lowest BCUT2D eigenvalue weighted by Gasteiger charge is -2.32. The van der Waals surface area contributed by atoms with E-state index in [-0.39, 0.29) is 116 Å². The van der Waals surface area contributed by atoms with Crippen molar-refractivity contribution < 1.29 is 81.3 Å². The van der Waals surface area contributed by atoms with Gasteiger partial charge in [-0.2, -0.15) is 0 Å². The van der Waals surface area contributed by atoms with Crippen LogP contribution in [0, 0.1) is 23.7 Å². The van der Waals surface area contributed by atoms with Crippen LogP contribution in [0.4, 0.5) is 0 Å². The van der Waals surface area contributed by atoms with Crippen molar-refractivity contribution in [1.29, 1.82) is 0 Å². The van der Waals surface area contributed by atoms with Gasteiger partial charge in [-0.15, -0.1) is 0 Å². The molecule has 0 unspecified atom stereocenters. The number of amides is 14. The minimum Gasteiger partial charge on any atom is -0.379 e. The van der Waals surface area contributed by atoms with Gasteiger partial charge in [0.2, 0.25) is 82.7 Å². The molecule has 0 spiro atoms. The molecule has 2 fully saturated rings. The van der Waals surface area contributed by atoms with E-state index in [2.05, 4.69) is 53.2 Å². The fourth-order valence-corrected chi connectivity index (χ4v) is 11.7. The third-order valence-corrected chi connectivity index (χ3v) is 18.6. The van der Waals surface area contributed by atoms with Crippen LogP contribution < -0.4 is 87.6 Å². The number of rotatable bonds is 54. The Labute approximate surface area is 619 Å². The number of carbonyl (C=O) groups is 14. The third-order valence-electron chi connectivity index (χ3n) is 18.6. The minimum absolute atomic E-state index is 0.179. The van der Waals surface area contributed by atoms with E-state index in [1.807, 2.05) is 13.8 Å². The number of nitrogens with two attached hydrogens (primary N) is 6. The predicted octanol–water partition coefficient (Wildman–Crippen LogP) is -3.20. The van der Waals surface area contributed by atoms with Crippen molar-refractivity contribution in [2.75, 3.05) is 78.9 Å². The summed E-state index contributed by atoms with van der Waals surface area (Å²) < 4.78 is 17.0. The van der Waals surface area contributed by atoms with Crippen LogP contribution in [0.15, 0.2) is 0 Å². The molecule has 2 saturated heterocycles. The second-order valence-electron chi connectivity index (χ2n) is 28.1. The van der Waals surface area contributed by atoms with Crippen LogP contribution >= 0.6 is 0 Å². The maximum absolute atomic E-state index is 14.1. The van der Waals surface area contributed by atoms with Gasteiger partial charge in [0.05, 0.1) is 38.5 Å². The second-order valence-corrected chi connectivity index (χ2v) is 28.1. The fourth-order valence-electron chi connectivity index (χ4n) is 11.7. The lowest BCUT2D eigenvalue weighted by atomic mass is 9.96. The van der Waals surface area contributed by atoms with Gasteiger partial charge in [0.15, 0.2) is 0 Å². The number of ether oxygens (including phenoxy) is 3. The number of primary amides is 2. The summed E-state index contributed by atoms with van der Waals surface area (Å²) in [5, 5.41) is 27.4. The zero-order valence-electron chi connectivity index (χ0n) is 63.7. The van der Waals surface area contributed by atoms with Crippen LogP contribution in [0.3, 0.4) is 0 Å². The Kier molecular flexibility index (Phi) is 45.1. The molecule has 0 radical (unpaired) electrons. The van der Waals surface area contributed by atoms with Crippen LogP contribution in [-0.4, -0.2) is 244 Å². The van der Waals surface area contributed by atoms with E-state index < -0.39 is 167 Å². The van der Waals surface area contributed by atoms with Crippen LogP contribution in [0.2, 0.25) is 0 Å². The van der Waals surface area contributed by atoms with Gasteiger partial charge in [0.1, 0.15) is 60.4 Å². The van der Waals surface area contributed by atoms with Crippen molar-refractivity contribution in [1.82, 2.24) is 63.0 Å². The molecule has 2 rings (SSSR count). The molecule has 35 heteroatoms. The Morgan fingerprint density at radius 3 is 1.02 bits per heavy atom. The molecule has 35 nitrogen and oxygen atoms in total. The molecule has 0 saturated carbocycles. The predicted molar refractivity (Wildman–Crippen MR) is 391 cm³/mol. The summed E-state index contributed by atoms with van der Waals surface area (Å²) in [6.07, 6.45) is 4.62. The SMILES string of the molecule is CC[C@@H](C)[C@@H](NC(=O)[C@@H]1CCCN1C(=O)[C@@H](NC(=O)[C@@H](C)N)C(C)C)C(=O)N[C@@H](CCC(N)=O)C(=O)N[C@@H](CCCCN)C(=O)NCCCOCCOCCOCCCNC(=O)[C@H](CCCCN)NC(=O)[C@H](CCC(N)=O)NC(=O)[C@H](NC(=O)[C@@H]1CCCN1C(=O)[C@@H](NC(=O)[C@@H](C)N)C(C)C)[C@H](C)CC. The van der Waals surface area contributed by atoms with Gasteiger partial charge in [0, 0.05) is 52.2 Å². The van der Waals surface area contributed by atoms with Crippen molar-refractivity contribution in [3.63, 3.8) is 0 Å². The van der Waals surface area contributed by atoms with Crippen LogP contribution in [0.1, 0.15) is 185 Å². The van der Waals surface area contributed by atoms with Gasteiger partial charge >= 0.3 is 0 Å². The highest BCUT2D eigenvalue weighted by atomic mass is 16.5. The first kappa shape index (κ1) is 93.4. The van der Waals surface area contributed by atoms with E-state index >= 15 is 0 Å². The van der Waals surface area contributed by atoms with E-state index in [4.69, 9.17) is 48.6 Å². The van der Waals surface area contributed by atoms with E-state index in [1.54, 1.807) is 41.5 Å². The summed E-state index contributed by atoms with van der Waals surface area (Å²) in [5.41, 5.74) is 34.0. The topological polar surface area (TPSA) is 550 Å². The van der Waals surface area contributed by atoms with Gasteiger partial charge < -0.3 is 112 Å². The smallest absolute Gasteiger partial charge is 0.246 e. The Balaban J connectivity index is 1.93. The molecule has 22 N–H and O–H groups in total. The van der Waals surface area contributed by atoms with Gasteiger partial charge in [-0.3, -0.25) is 67.1 Å². The normalized spacial score (nSPS) is 17.8. The number of likely N-dealkylation sites (tertiary alicyclic amines) is 2. The molecule has 600 valence electrons. The van der Waals surface area contributed by atoms with Gasteiger partial charge in [-0.1, -0.05) is 68.2 Å². The summed E-state index contributed by atoms with van der Waals surface area (Å²) in [5.74, 6) is -10.2. The van der Waals surface area contributed by atoms with E-state index in [0.717, 1.165) is 0 Å². The maximum atomic E-state index is 14.1. The van der Waals surface area contributed by atoms with Crippen molar-refractivity contribution in [2.24, 2.45) is 58.1 Å². The van der Waals surface area contributed by atoms with Crippen LogP contribution in [0.25, 0.3) is 0 Å². The van der Waals surface area contributed by atoms with Crippen molar-refractivity contribution in [2.45, 2.75) is 257 Å². The lowest BCUT2D eigenvalue weighted by molar-refractivity contribution is -0.143. The highest BCUT2D eigenvalue weighted by molar-refractivity contribution is 5.99. The maximum Gasteiger partial charge on any atom is 0.246 e. The first-order chi connectivity index (χ1) is 49.8. The first-order valence-corrected chi connectivity index (χ1v) is 37.6. The number of nitrogens with zero attached hydrogens (tertiary/aromatic N) is 2. The highest BCUT2D eigenvalue weighted by Crippen LogP contribution is 2.24. The number of carbonyl (C=O) groups excluding carboxylic acids is 14. The molecule has 2 heterocycles. The molecule has 0 bridgehead atoms. The highest BCUT2D eigenvalue weighted by Gasteiger charge is 2.43. The average Bonchev–Trinajstić information content (AvgIpc) is 1.75. The van der Waals surface area contributed by atoms with E-state index in [0.29, 0.717) is 90.1 Å². The number of hydrogen-bond acceptors (Lipinski definition) is 21. The summed E-state index contributed by atoms with van der Waals surface area (Å²) in [6, 6.07) is -12.7. The second kappa shape index (κ2) is 50.7. The quantitative estimate of drug-likeness (QED) is 0.0267. The Bertz CT molecular complexity index is 2600. The molecule has 0 aromatic rings. The monoisotopic (exact) mass is 1490 g/mol. The number of nitrogens with one attached hydrogen (secondary N) is 10. The van der Waals surface area contributed by atoms with Crippen molar-refractivity contribution in [3.05, 3.63) is 0 Å². The molecule has 14 amide bonds. The van der Waals surface area contributed by atoms with Gasteiger partial charge in [0.25, 0.3) is 0 Å². The lowest BCUT2D eigenvalue weighted by Crippen LogP contribution is -2.60. The fraction of sp³-hybridized carbons (Fsp3) is 0.800. The molecule has 14 atom stereocenters. The average molecular weight is 1490 g/mol. The number of hydrogen-bond donors (Lipinski definition) is 16. The first-order valence-electron chi connectivity index (χ1n) is 37.6. The summed E-state index contributed by atoms with van der Waals surface area (Å²) >= 11 is 0. The van der Waals surface area contributed by atoms with E-state index in [1.165, 1.54) is 23.6 Å². The largest absolute Gasteiger partial charge is 0.379 e. The summed E-state index contributed by atoms with van der Waals surface area (Å²) in [7, 11) is 0. The standard InChI is InChI=1S/C70H128N18O17/c1-11-43(7)57(85-65(97)51-23-17-33-87(51)69(101)55(41(3)4)83-59(91)45(9)73)67(99)81-49(25-27-53(75)89)63(95)79-47(21-13-15-29-71)61(93)77-31-19-35-103-37-39-105-40-38-104-36-20-32-78-62(94)48(22-14-16-30-72)80-64(96)50(26-28-54(76)90)82-68(100)58(44(8)12-2)86-66(98)52-24-18-34-88(52)70(102)56(42(5)6)84-60(92)46(10)74/h41-52,55-58H,11-40,71-74H2,1-10H3,(H2,75,89)(H2,76,90)(H,77,93)(H,78,94)(H,79,95)(H,80,96)(H,81,99)(H,82,100)(H,83,91)(H,84,92)(H,85,97)(H,86,98)/t43-,44-,45-,46-,47+,48+,49+,50+,51+,52+,55+,56+,57-,58-/m1/s1. The third kappa shape index (κ3) is 34.2. The zero-order chi connectivity index (χ0) is 78.9. The molecule has 0 aromatic carbocycles. The van der Waals surface area contributed by atoms with E-state index in [9.17, 15) is 67.1 Å². The molecule has 0 aliphatic carbocycles. The Morgan fingerprint density at radius 1 is 0.390 bits per heavy atom. The molecule has 0 aromatic heterocycles. The molecule has 105 heavy (non-hydrogen) atoms. The van der Waals surface area contributed by atoms with Gasteiger partial charge in [-0.25, -0.2) is 0 Å². The minimum atomic E-state index is -1.35. The zero-order valence-corrected chi connectivity index (χ0v) is 63.7. The van der Waals surface area contributed by atoms with Crippen molar-refractivity contribution >= 4 is 82.7 Å². The summed E-state index contributed by atoms with van der Waals surface area (Å²) in [4.78, 5) is 191. The van der Waals surface area contributed by atoms with Crippen LogP contribution in [-0.2, 0) is 81.3 Å². The number of unbranched alkanes of at least 4 members (excludes halogenated alkanes) is 2. The Morgan fingerprint density at radius 2 is 0.714 bits per heavy atom. The van der Waals surface area contributed by atoms with Crippen LogP contribution in [0.5, 0.6) is 0 Å². The molecular formula is C70H128N18O17. The molecular weight excluding hydrogens is 1360 g/mol. The Hall–Kier alpha value is -7.70.